The van der Waals surface area contributed by atoms with Crippen molar-refractivity contribution >= 4 is 57.6 Å². The molecule has 1 aliphatic carbocycles. The minimum atomic E-state index is -0.430. The van der Waals surface area contributed by atoms with Crippen LogP contribution >= 0.6 is 23.2 Å². The van der Waals surface area contributed by atoms with Gasteiger partial charge in [-0.3, -0.25) is 4.79 Å². The molecule has 4 aromatic rings. The number of nitrogen functional groups attached to an aromatic ring is 1. The number of hydrogen-bond donors (Lipinski definition) is 3. The molecule has 2 amide bonds. The zero-order valence-corrected chi connectivity index (χ0v) is 20.8. The lowest BCUT2D eigenvalue weighted by Crippen LogP contribution is -2.28. The summed E-state index contributed by atoms with van der Waals surface area (Å²) in [6.07, 6.45) is 7.64. The van der Waals surface area contributed by atoms with Gasteiger partial charge in [0.2, 0.25) is 0 Å². The van der Waals surface area contributed by atoms with Gasteiger partial charge in [0.15, 0.2) is 5.78 Å². The molecule has 0 spiro atoms. The highest BCUT2D eigenvalue weighted by Crippen LogP contribution is 2.35. The van der Waals surface area contributed by atoms with Crippen LogP contribution in [-0.4, -0.2) is 26.3 Å². The van der Waals surface area contributed by atoms with Gasteiger partial charge in [0.05, 0.1) is 10.9 Å². The average Bonchev–Trinajstić information content (AvgIpc) is 3.52. The molecule has 0 aliphatic heterocycles. The highest BCUT2D eigenvalue weighted by atomic mass is 35.5. The Morgan fingerprint density at radius 3 is 2.67 bits per heavy atom. The van der Waals surface area contributed by atoms with Crippen molar-refractivity contribution in [2.24, 2.45) is 0 Å². The van der Waals surface area contributed by atoms with Crippen LogP contribution in [-0.2, 0) is 6.54 Å². The molecule has 10 heteroatoms. The Morgan fingerprint density at radius 2 is 1.89 bits per heavy atom. The van der Waals surface area contributed by atoms with Gasteiger partial charge in [0, 0.05) is 40.1 Å². The number of urea groups is 1. The number of rotatable bonds is 6. The van der Waals surface area contributed by atoms with Crippen LogP contribution in [0.3, 0.4) is 0 Å². The molecule has 5 rings (SSSR count). The molecule has 1 aliphatic rings. The average molecular weight is 523 g/mol. The number of aromatic nitrogens is 3. The first-order valence-corrected chi connectivity index (χ1v) is 12.4. The van der Waals surface area contributed by atoms with E-state index in [-0.39, 0.29) is 24.2 Å². The molecule has 1 saturated carbocycles. The predicted molar refractivity (Wildman–Crippen MR) is 142 cm³/mol. The third-order valence-corrected chi connectivity index (χ3v) is 7.03. The van der Waals surface area contributed by atoms with Gasteiger partial charge in [0.25, 0.3) is 0 Å². The molecule has 0 unspecified atom stereocenters. The first-order chi connectivity index (χ1) is 17.4. The molecule has 2 heterocycles. The van der Waals surface area contributed by atoms with Gasteiger partial charge in [-0.2, -0.15) is 0 Å². The van der Waals surface area contributed by atoms with E-state index in [4.69, 9.17) is 28.9 Å². The summed E-state index contributed by atoms with van der Waals surface area (Å²) in [5.74, 6) is 0.0601. The van der Waals surface area contributed by atoms with E-state index < -0.39 is 6.03 Å². The fourth-order valence-corrected chi connectivity index (χ4v) is 5.13. The number of anilines is 2. The molecule has 4 N–H and O–H groups in total. The molecular formula is C26H24Cl2N6O2. The molecule has 2 aromatic heterocycles. The maximum absolute atomic E-state index is 13.6. The van der Waals surface area contributed by atoms with Crippen molar-refractivity contribution < 1.29 is 9.59 Å². The lowest BCUT2D eigenvalue weighted by Gasteiger charge is -2.12. The van der Waals surface area contributed by atoms with Crippen molar-refractivity contribution in [1.82, 2.24) is 19.9 Å². The molecular weight excluding hydrogens is 499 g/mol. The predicted octanol–water partition coefficient (Wildman–Crippen LogP) is 5.99. The summed E-state index contributed by atoms with van der Waals surface area (Å²) in [6.45, 7) is 0.223. The summed E-state index contributed by atoms with van der Waals surface area (Å²) in [4.78, 5) is 34.6. The normalized spacial score (nSPS) is 13.7. The second kappa shape index (κ2) is 10.2. The lowest BCUT2D eigenvalue weighted by molar-refractivity contribution is 0.104. The zero-order chi connectivity index (χ0) is 25.2. The fourth-order valence-electron chi connectivity index (χ4n) is 4.65. The Morgan fingerprint density at radius 1 is 1.08 bits per heavy atom. The highest BCUT2D eigenvalue weighted by Gasteiger charge is 2.25. The number of halogens is 2. The number of fused-ring (bicyclic) bond motifs is 1. The van der Waals surface area contributed by atoms with Gasteiger partial charge < -0.3 is 20.9 Å². The number of carbonyl (C=O) groups excluding carboxylic acids is 2. The van der Waals surface area contributed by atoms with E-state index in [1.54, 1.807) is 42.5 Å². The Balaban J connectivity index is 1.36. The van der Waals surface area contributed by atoms with E-state index in [2.05, 4.69) is 25.2 Å². The van der Waals surface area contributed by atoms with Crippen molar-refractivity contribution in [3.63, 3.8) is 0 Å². The smallest absolute Gasteiger partial charge is 0.319 e. The van der Waals surface area contributed by atoms with Crippen molar-refractivity contribution in [3.8, 4) is 0 Å². The van der Waals surface area contributed by atoms with Gasteiger partial charge in [0.1, 0.15) is 17.8 Å². The number of nitrogens with zero attached hydrogens (tertiary/aromatic N) is 3. The van der Waals surface area contributed by atoms with Crippen LogP contribution in [0, 0.1) is 0 Å². The molecule has 36 heavy (non-hydrogen) atoms. The molecule has 0 bridgehead atoms. The van der Waals surface area contributed by atoms with E-state index >= 15 is 0 Å². The number of benzene rings is 2. The summed E-state index contributed by atoms with van der Waals surface area (Å²) >= 11 is 12.1. The fraction of sp³-hybridized carbons (Fsp3) is 0.231. The van der Waals surface area contributed by atoms with Crippen LogP contribution in [0.5, 0.6) is 0 Å². The Kier molecular flexibility index (Phi) is 6.80. The molecule has 0 atom stereocenters. The maximum atomic E-state index is 13.6. The number of amides is 2. The molecule has 184 valence electrons. The van der Waals surface area contributed by atoms with Crippen LogP contribution in [0.15, 0.2) is 55.0 Å². The van der Waals surface area contributed by atoms with Crippen molar-refractivity contribution in [2.75, 3.05) is 11.1 Å². The first kappa shape index (κ1) is 24.1. The Hall–Kier alpha value is -3.62. The van der Waals surface area contributed by atoms with Gasteiger partial charge in [-0.25, -0.2) is 14.8 Å². The third kappa shape index (κ3) is 4.87. The highest BCUT2D eigenvalue weighted by molar-refractivity contribution is 6.35. The van der Waals surface area contributed by atoms with Crippen LogP contribution < -0.4 is 16.4 Å². The minimum absolute atomic E-state index is 0.213. The molecule has 0 saturated heterocycles. The lowest BCUT2D eigenvalue weighted by atomic mass is 10.0. The van der Waals surface area contributed by atoms with Crippen molar-refractivity contribution in [1.29, 1.82) is 0 Å². The van der Waals surface area contributed by atoms with E-state index in [0.717, 1.165) is 31.2 Å². The third-order valence-electron chi connectivity index (χ3n) is 6.44. The zero-order valence-electron chi connectivity index (χ0n) is 19.3. The summed E-state index contributed by atoms with van der Waals surface area (Å²) < 4.78 is 2.06. The van der Waals surface area contributed by atoms with E-state index in [0.29, 0.717) is 37.9 Å². The van der Waals surface area contributed by atoms with Gasteiger partial charge in [-0.05, 0) is 42.7 Å². The van der Waals surface area contributed by atoms with Crippen LogP contribution in [0.2, 0.25) is 10.0 Å². The minimum Gasteiger partial charge on any atom is -0.383 e. The SMILES string of the molecule is Nc1ncnc2c1c(C(=O)c1cccc(NC(=O)NCc3ccc(Cl)cc3Cl)c1)cn2C1CCCC1. The Labute approximate surface area is 217 Å². The standard InChI is InChI=1S/C26H24Cl2N6O2/c27-17-9-8-16(21(28)11-17)12-30-26(36)33-18-5-3-4-15(10-18)23(35)20-13-34(19-6-1-2-7-19)25-22(20)24(29)31-14-32-25/h3-5,8-11,13-14,19H,1-2,6-7,12H2,(H2,29,31,32)(H2,30,33,36). The van der Waals surface area contributed by atoms with E-state index in [1.165, 1.54) is 6.33 Å². The van der Waals surface area contributed by atoms with Gasteiger partial charge in [-0.15, -0.1) is 0 Å². The molecule has 0 radical (unpaired) electrons. The largest absolute Gasteiger partial charge is 0.383 e. The summed E-state index contributed by atoms with van der Waals surface area (Å²) in [5.41, 5.74) is 8.94. The van der Waals surface area contributed by atoms with Crippen LogP contribution in [0.4, 0.5) is 16.3 Å². The number of ketones is 1. The number of carbonyl (C=O) groups is 2. The second-order valence-corrected chi connectivity index (χ2v) is 9.64. The van der Waals surface area contributed by atoms with Gasteiger partial charge in [-0.1, -0.05) is 54.2 Å². The van der Waals surface area contributed by atoms with E-state index in [1.807, 2.05) is 6.20 Å². The number of hydrogen-bond acceptors (Lipinski definition) is 5. The van der Waals surface area contributed by atoms with Crippen LogP contribution in [0.1, 0.15) is 53.2 Å². The van der Waals surface area contributed by atoms with Crippen LogP contribution in [0.25, 0.3) is 11.0 Å². The molecule has 2 aromatic carbocycles. The first-order valence-electron chi connectivity index (χ1n) is 11.7. The monoisotopic (exact) mass is 522 g/mol. The van der Waals surface area contributed by atoms with Gasteiger partial charge >= 0.3 is 6.03 Å². The quantitative estimate of drug-likeness (QED) is 0.269. The molecule has 8 nitrogen and oxygen atoms in total. The second-order valence-electron chi connectivity index (χ2n) is 8.80. The van der Waals surface area contributed by atoms with Crippen molar-refractivity contribution in [2.45, 2.75) is 38.3 Å². The molecule has 1 fully saturated rings. The number of nitrogens with two attached hydrogens (primary N) is 1. The summed E-state index contributed by atoms with van der Waals surface area (Å²) in [5, 5.41) is 7.07. The summed E-state index contributed by atoms with van der Waals surface area (Å²) in [6, 6.07) is 11.7. The topological polar surface area (TPSA) is 115 Å². The number of nitrogens with one attached hydrogen (secondary N) is 2. The van der Waals surface area contributed by atoms with E-state index in [9.17, 15) is 9.59 Å². The maximum Gasteiger partial charge on any atom is 0.319 e. The van der Waals surface area contributed by atoms with Crippen molar-refractivity contribution in [3.05, 3.63) is 81.7 Å². The Bertz CT molecular complexity index is 1460. The summed E-state index contributed by atoms with van der Waals surface area (Å²) in [7, 11) is 0.